The van der Waals surface area contributed by atoms with Gasteiger partial charge in [-0.1, -0.05) is 0 Å². The number of halogens is 1. The first-order valence-electron chi connectivity index (χ1n) is 5.54. The second-order valence-corrected chi connectivity index (χ2v) is 8.55. The van der Waals surface area contributed by atoms with Crippen molar-refractivity contribution < 1.29 is 8.42 Å². The number of aryl methyl sites for hydroxylation is 2. The Kier molecular flexibility index (Phi) is 4.14. The van der Waals surface area contributed by atoms with Crippen molar-refractivity contribution in [2.45, 2.75) is 25.3 Å². The Morgan fingerprint density at radius 3 is 2.63 bits per heavy atom. The molecule has 2 aromatic heterocycles. The van der Waals surface area contributed by atoms with Crippen LogP contribution in [0, 0.1) is 13.8 Å². The average molecular weight is 364 g/mol. The Morgan fingerprint density at radius 2 is 2.16 bits per heavy atom. The topological polar surface area (TPSA) is 64.0 Å². The summed E-state index contributed by atoms with van der Waals surface area (Å²) in [5.41, 5.74) is 1.82. The zero-order valence-electron chi connectivity index (χ0n) is 10.8. The van der Waals surface area contributed by atoms with E-state index in [1.165, 1.54) is 11.3 Å². The van der Waals surface area contributed by atoms with Gasteiger partial charge in [0.1, 0.15) is 0 Å². The van der Waals surface area contributed by atoms with Gasteiger partial charge in [-0.2, -0.15) is 5.10 Å². The van der Waals surface area contributed by atoms with E-state index in [-0.39, 0.29) is 6.54 Å². The molecular weight excluding hydrogens is 350 g/mol. The van der Waals surface area contributed by atoms with E-state index >= 15 is 0 Å². The molecule has 5 nitrogen and oxygen atoms in total. The van der Waals surface area contributed by atoms with Crippen molar-refractivity contribution in [2.24, 2.45) is 7.05 Å². The molecule has 0 amide bonds. The first-order chi connectivity index (χ1) is 8.81. The molecule has 0 aromatic carbocycles. The molecule has 0 aliphatic heterocycles. The highest BCUT2D eigenvalue weighted by atomic mass is 79.9. The number of sulfonamides is 1. The third-order valence-corrected chi connectivity index (χ3v) is 6.13. The maximum atomic E-state index is 12.2. The highest BCUT2D eigenvalue weighted by Gasteiger charge is 2.19. The molecule has 0 fully saturated rings. The summed E-state index contributed by atoms with van der Waals surface area (Å²) in [6.45, 7) is 3.94. The number of hydrogen-bond donors (Lipinski definition) is 1. The van der Waals surface area contributed by atoms with Crippen LogP contribution in [0.2, 0.25) is 0 Å². The summed E-state index contributed by atoms with van der Waals surface area (Å²) < 4.78 is 29.5. The molecule has 104 valence electrons. The van der Waals surface area contributed by atoms with Gasteiger partial charge in [-0.3, -0.25) is 4.68 Å². The van der Waals surface area contributed by atoms with Gasteiger partial charge in [0, 0.05) is 29.7 Å². The lowest BCUT2D eigenvalue weighted by atomic mass is 10.3. The quantitative estimate of drug-likeness (QED) is 0.906. The number of aromatic nitrogens is 2. The fourth-order valence-electron chi connectivity index (χ4n) is 1.67. The van der Waals surface area contributed by atoms with Crippen molar-refractivity contribution in [3.63, 3.8) is 0 Å². The number of hydrogen-bond acceptors (Lipinski definition) is 4. The lowest BCUT2D eigenvalue weighted by molar-refractivity contribution is 0.581. The minimum absolute atomic E-state index is 0.245. The van der Waals surface area contributed by atoms with Crippen LogP contribution in [-0.4, -0.2) is 18.2 Å². The number of thiophene rings is 1. The molecule has 0 atom stereocenters. The first kappa shape index (κ1) is 14.7. The molecule has 19 heavy (non-hydrogen) atoms. The van der Waals surface area contributed by atoms with Gasteiger partial charge < -0.3 is 0 Å². The summed E-state index contributed by atoms with van der Waals surface area (Å²) in [6.07, 6.45) is 1.67. The van der Waals surface area contributed by atoms with Crippen molar-refractivity contribution in [1.82, 2.24) is 14.5 Å². The van der Waals surface area contributed by atoms with E-state index in [2.05, 4.69) is 25.8 Å². The standard InChI is InChI=1S/C11H14BrN3O2S2/c1-7-9(5-13-15(7)3)6-14-19(16,17)10-4-11(12)18-8(10)2/h4-5,14H,6H2,1-3H3. The van der Waals surface area contributed by atoms with Crippen molar-refractivity contribution >= 4 is 37.3 Å². The van der Waals surface area contributed by atoms with E-state index in [1.807, 2.05) is 14.0 Å². The SMILES string of the molecule is Cc1sc(Br)cc1S(=O)(=O)NCc1cnn(C)c1C. The van der Waals surface area contributed by atoms with Crippen LogP contribution in [-0.2, 0) is 23.6 Å². The number of nitrogens with zero attached hydrogens (tertiary/aromatic N) is 2. The van der Waals surface area contributed by atoms with E-state index in [0.717, 1.165) is 19.9 Å². The van der Waals surface area contributed by atoms with E-state index in [9.17, 15) is 8.42 Å². The molecule has 0 saturated carbocycles. The smallest absolute Gasteiger partial charge is 0.242 e. The van der Waals surface area contributed by atoms with E-state index in [4.69, 9.17) is 0 Å². The average Bonchev–Trinajstić information content (AvgIpc) is 2.82. The third kappa shape index (κ3) is 3.07. The predicted molar refractivity (Wildman–Crippen MR) is 78.7 cm³/mol. The molecule has 0 bridgehead atoms. The second-order valence-electron chi connectivity index (χ2n) is 4.17. The minimum atomic E-state index is -3.48. The van der Waals surface area contributed by atoms with Gasteiger partial charge in [0.2, 0.25) is 10.0 Å². The van der Waals surface area contributed by atoms with Crippen LogP contribution in [0.1, 0.15) is 16.1 Å². The molecular formula is C11H14BrN3O2S2. The van der Waals surface area contributed by atoms with Gasteiger partial charge in [-0.15, -0.1) is 11.3 Å². The highest BCUT2D eigenvalue weighted by molar-refractivity contribution is 9.11. The van der Waals surface area contributed by atoms with E-state index in [1.54, 1.807) is 23.9 Å². The summed E-state index contributed by atoms with van der Waals surface area (Å²) >= 11 is 4.71. The van der Waals surface area contributed by atoms with Crippen LogP contribution < -0.4 is 4.72 Å². The normalized spacial score (nSPS) is 12.0. The molecule has 0 radical (unpaired) electrons. The van der Waals surface area contributed by atoms with E-state index < -0.39 is 10.0 Å². The first-order valence-corrected chi connectivity index (χ1v) is 8.63. The van der Waals surface area contributed by atoms with Gasteiger partial charge in [-0.25, -0.2) is 13.1 Å². The summed E-state index contributed by atoms with van der Waals surface area (Å²) in [6, 6.07) is 1.62. The highest BCUT2D eigenvalue weighted by Crippen LogP contribution is 2.29. The molecule has 2 aromatic rings. The molecule has 0 aliphatic carbocycles. The summed E-state index contributed by atoms with van der Waals surface area (Å²) in [4.78, 5) is 1.09. The zero-order valence-corrected chi connectivity index (χ0v) is 14.0. The van der Waals surface area contributed by atoms with Gasteiger partial charge in [0.25, 0.3) is 0 Å². The van der Waals surface area contributed by atoms with Crippen LogP contribution in [0.25, 0.3) is 0 Å². The third-order valence-electron chi connectivity index (χ3n) is 2.92. The maximum Gasteiger partial charge on any atom is 0.242 e. The van der Waals surface area contributed by atoms with Crippen molar-refractivity contribution in [1.29, 1.82) is 0 Å². The lowest BCUT2D eigenvalue weighted by Gasteiger charge is -2.06. The molecule has 0 saturated heterocycles. The Bertz CT molecular complexity index is 704. The van der Waals surface area contributed by atoms with Crippen molar-refractivity contribution in [3.8, 4) is 0 Å². The Morgan fingerprint density at radius 1 is 1.47 bits per heavy atom. The van der Waals surface area contributed by atoms with Crippen LogP contribution in [0.5, 0.6) is 0 Å². The Labute approximate surface area is 124 Å². The van der Waals surface area contributed by atoms with Gasteiger partial charge in [-0.05, 0) is 35.8 Å². The molecule has 0 aliphatic rings. The molecule has 0 unspecified atom stereocenters. The van der Waals surface area contributed by atoms with E-state index in [0.29, 0.717) is 4.90 Å². The minimum Gasteiger partial charge on any atom is -0.273 e. The predicted octanol–water partition coefficient (Wildman–Crippen LogP) is 2.34. The van der Waals surface area contributed by atoms with Crippen molar-refractivity contribution in [3.05, 3.63) is 32.2 Å². The molecule has 1 N–H and O–H groups in total. The lowest BCUT2D eigenvalue weighted by Crippen LogP contribution is -2.23. The Balaban J connectivity index is 2.19. The number of rotatable bonds is 4. The summed E-state index contributed by atoms with van der Waals surface area (Å²) in [7, 11) is -1.66. The monoisotopic (exact) mass is 363 g/mol. The molecule has 0 spiro atoms. The zero-order chi connectivity index (χ0) is 14.2. The summed E-state index contributed by atoms with van der Waals surface area (Å²) in [5, 5.41) is 4.09. The van der Waals surface area contributed by atoms with Crippen LogP contribution in [0.3, 0.4) is 0 Å². The molecule has 2 heterocycles. The second kappa shape index (κ2) is 5.35. The Hall–Kier alpha value is -0.700. The largest absolute Gasteiger partial charge is 0.273 e. The van der Waals surface area contributed by atoms with Gasteiger partial charge in [0.15, 0.2) is 0 Å². The molecule has 2 rings (SSSR count). The summed E-state index contributed by atoms with van der Waals surface area (Å²) in [5.74, 6) is 0. The fourth-order valence-corrected chi connectivity index (χ4v) is 5.08. The van der Waals surface area contributed by atoms with Crippen LogP contribution >= 0.6 is 27.3 Å². The van der Waals surface area contributed by atoms with Crippen molar-refractivity contribution in [2.75, 3.05) is 0 Å². The van der Waals surface area contributed by atoms with Gasteiger partial charge in [0.05, 0.1) is 14.9 Å². The number of nitrogens with one attached hydrogen (secondary N) is 1. The van der Waals surface area contributed by atoms with Crippen LogP contribution in [0.15, 0.2) is 20.9 Å². The van der Waals surface area contributed by atoms with Gasteiger partial charge >= 0.3 is 0 Å². The maximum absolute atomic E-state index is 12.2. The molecule has 8 heteroatoms. The fraction of sp³-hybridized carbons (Fsp3) is 0.364. The van der Waals surface area contributed by atoms with Crippen LogP contribution in [0.4, 0.5) is 0 Å².